The Hall–Kier alpha value is -2.65. The van der Waals surface area contributed by atoms with Gasteiger partial charge in [0.2, 0.25) is 0 Å². The van der Waals surface area contributed by atoms with Crippen molar-refractivity contribution < 1.29 is 0 Å². The fourth-order valence-corrected chi connectivity index (χ4v) is 2.58. The molecular formula is C14H11N5S. The molecule has 5 nitrogen and oxygen atoms in total. The molecular weight excluding hydrogens is 270 g/mol. The van der Waals surface area contributed by atoms with Crippen LogP contribution in [0.4, 0.5) is 5.69 Å². The number of hydrogen-bond donors (Lipinski definition) is 1. The molecule has 3 rings (SSSR count). The minimum atomic E-state index is 0.659. The molecule has 0 aliphatic rings. The summed E-state index contributed by atoms with van der Waals surface area (Å²) in [7, 11) is 0. The highest BCUT2D eigenvalue weighted by molar-refractivity contribution is 7.10. The van der Waals surface area contributed by atoms with Gasteiger partial charge < -0.3 is 5.32 Å². The topological polar surface area (TPSA) is 66.5 Å². The Morgan fingerprint density at radius 2 is 2.30 bits per heavy atom. The van der Waals surface area contributed by atoms with Crippen LogP contribution in [0.15, 0.2) is 48.2 Å². The normalized spacial score (nSPS) is 10.2. The molecule has 3 aromatic heterocycles. The highest BCUT2D eigenvalue weighted by atomic mass is 32.1. The van der Waals surface area contributed by atoms with Crippen molar-refractivity contribution in [1.82, 2.24) is 14.8 Å². The molecule has 3 heterocycles. The SMILES string of the molecule is N#Cc1csc(CNc2cccnc2-n2cccn2)c1. The summed E-state index contributed by atoms with van der Waals surface area (Å²) in [5.74, 6) is 0.759. The first-order chi connectivity index (χ1) is 9.86. The predicted molar refractivity (Wildman–Crippen MR) is 77.7 cm³/mol. The van der Waals surface area contributed by atoms with E-state index in [1.807, 2.05) is 35.8 Å². The Balaban J connectivity index is 1.80. The van der Waals surface area contributed by atoms with E-state index >= 15 is 0 Å². The van der Waals surface area contributed by atoms with Crippen molar-refractivity contribution in [3.8, 4) is 11.9 Å². The van der Waals surface area contributed by atoms with Crippen LogP contribution >= 0.6 is 11.3 Å². The van der Waals surface area contributed by atoms with E-state index in [1.165, 1.54) is 0 Å². The van der Waals surface area contributed by atoms with Crippen LogP contribution < -0.4 is 5.32 Å². The van der Waals surface area contributed by atoms with Crippen LogP contribution in [-0.4, -0.2) is 14.8 Å². The predicted octanol–water partition coefficient (Wildman–Crippen LogP) is 2.81. The van der Waals surface area contributed by atoms with E-state index in [4.69, 9.17) is 5.26 Å². The molecule has 0 bridgehead atoms. The van der Waals surface area contributed by atoms with Gasteiger partial charge in [0.05, 0.1) is 11.3 Å². The van der Waals surface area contributed by atoms with Gasteiger partial charge in [0, 0.05) is 35.4 Å². The molecule has 0 spiro atoms. The summed E-state index contributed by atoms with van der Waals surface area (Å²) < 4.78 is 1.72. The van der Waals surface area contributed by atoms with Gasteiger partial charge in [-0.2, -0.15) is 10.4 Å². The molecule has 0 fully saturated rings. The molecule has 0 aliphatic carbocycles. The average molecular weight is 281 g/mol. The third-order valence-electron chi connectivity index (χ3n) is 2.74. The van der Waals surface area contributed by atoms with Gasteiger partial charge in [-0.15, -0.1) is 11.3 Å². The van der Waals surface area contributed by atoms with Crippen molar-refractivity contribution in [2.24, 2.45) is 0 Å². The minimum absolute atomic E-state index is 0.659. The first-order valence-corrected chi connectivity index (χ1v) is 6.91. The Labute approximate surface area is 120 Å². The highest BCUT2D eigenvalue weighted by Gasteiger charge is 2.06. The van der Waals surface area contributed by atoms with Crippen molar-refractivity contribution in [2.75, 3.05) is 5.32 Å². The fraction of sp³-hybridized carbons (Fsp3) is 0.0714. The number of nitrogens with one attached hydrogen (secondary N) is 1. The summed E-state index contributed by atoms with van der Waals surface area (Å²) in [6.45, 7) is 0.659. The van der Waals surface area contributed by atoms with Crippen LogP contribution in [0.2, 0.25) is 0 Å². The van der Waals surface area contributed by atoms with E-state index in [1.54, 1.807) is 28.4 Å². The monoisotopic (exact) mass is 281 g/mol. The number of pyridine rings is 1. The van der Waals surface area contributed by atoms with Crippen molar-refractivity contribution >= 4 is 17.0 Å². The third-order valence-corrected chi connectivity index (χ3v) is 3.68. The molecule has 6 heteroatoms. The number of aromatic nitrogens is 3. The van der Waals surface area contributed by atoms with Crippen molar-refractivity contribution in [2.45, 2.75) is 6.54 Å². The smallest absolute Gasteiger partial charge is 0.176 e. The van der Waals surface area contributed by atoms with Gasteiger partial charge in [-0.3, -0.25) is 0 Å². The summed E-state index contributed by atoms with van der Waals surface area (Å²) in [4.78, 5) is 5.45. The number of nitrogens with zero attached hydrogens (tertiary/aromatic N) is 4. The summed E-state index contributed by atoms with van der Waals surface area (Å²) in [5, 5.41) is 18.2. The van der Waals surface area contributed by atoms with Crippen molar-refractivity contribution in [3.05, 3.63) is 58.7 Å². The standard InChI is InChI=1S/C14H11N5S/c15-8-11-7-12(20-10-11)9-17-13-3-1-4-16-14(13)19-6-2-5-18-19/h1-7,10,17H,9H2. The van der Waals surface area contributed by atoms with Gasteiger partial charge in [-0.05, 0) is 24.3 Å². The zero-order chi connectivity index (χ0) is 13.8. The van der Waals surface area contributed by atoms with Gasteiger partial charge in [-0.1, -0.05) is 0 Å². The maximum absolute atomic E-state index is 8.82. The summed E-state index contributed by atoms with van der Waals surface area (Å²) >= 11 is 1.57. The summed E-state index contributed by atoms with van der Waals surface area (Å²) in [6, 6.07) is 9.72. The molecule has 0 radical (unpaired) electrons. The lowest BCUT2D eigenvalue weighted by Crippen LogP contribution is -2.05. The Kier molecular flexibility index (Phi) is 3.44. The first kappa shape index (κ1) is 12.4. The molecule has 3 aromatic rings. The van der Waals surface area contributed by atoms with Crippen LogP contribution in [-0.2, 0) is 6.54 Å². The van der Waals surface area contributed by atoms with Crippen LogP contribution in [0.25, 0.3) is 5.82 Å². The van der Waals surface area contributed by atoms with Crippen LogP contribution in [0.5, 0.6) is 0 Å². The molecule has 0 atom stereocenters. The molecule has 0 saturated carbocycles. The maximum Gasteiger partial charge on any atom is 0.176 e. The van der Waals surface area contributed by atoms with E-state index in [9.17, 15) is 0 Å². The number of hydrogen-bond acceptors (Lipinski definition) is 5. The molecule has 1 N–H and O–H groups in total. The third kappa shape index (κ3) is 2.53. The lowest BCUT2D eigenvalue weighted by atomic mass is 10.3. The zero-order valence-corrected chi connectivity index (χ0v) is 11.3. The quantitative estimate of drug-likeness (QED) is 0.798. The molecule has 98 valence electrons. The number of rotatable bonds is 4. The van der Waals surface area contributed by atoms with Gasteiger partial charge >= 0.3 is 0 Å². The summed E-state index contributed by atoms with van der Waals surface area (Å²) in [5.41, 5.74) is 1.60. The zero-order valence-electron chi connectivity index (χ0n) is 10.5. The van der Waals surface area contributed by atoms with Gasteiger partial charge in [0.1, 0.15) is 6.07 Å². The maximum atomic E-state index is 8.82. The van der Waals surface area contributed by atoms with E-state index in [2.05, 4.69) is 21.5 Å². The van der Waals surface area contributed by atoms with Crippen LogP contribution in [0, 0.1) is 11.3 Å². The van der Waals surface area contributed by atoms with Crippen molar-refractivity contribution in [1.29, 1.82) is 5.26 Å². The lowest BCUT2D eigenvalue weighted by Gasteiger charge is -2.09. The number of anilines is 1. The fourth-order valence-electron chi connectivity index (χ4n) is 1.83. The van der Waals surface area contributed by atoms with Crippen LogP contribution in [0.3, 0.4) is 0 Å². The molecule has 20 heavy (non-hydrogen) atoms. The Bertz CT molecular complexity index is 739. The Morgan fingerprint density at radius 1 is 1.35 bits per heavy atom. The summed E-state index contributed by atoms with van der Waals surface area (Å²) in [6.07, 6.45) is 5.31. The number of thiophene rings is 1. The second kappa shape index (κ2) is 5.55. The number of nitriles is 1. The minimum Gasteiger partial charge on any atom is -0.377 e. The van der Waals surface area contributed by atoms with Crippen LogP contribution in [0.1, 0.15) is 10.4 Å². The Morgan fingerprint density at radius 3 is 3.05 bits per heavy atom. The van der Waals surface area contributed by atoms with Gasteiger partial charge in [-0.25, -0.2) is 9.67 Å². The lowest BCUT2D eigenvalue weighted by molar-refractivity contribution is 0.846. The second-order valence-corrected chi connectivity index (χ2v) is 5.09. The molecule has 0 aromatic carbocycles. The largest absolute Gasteiger partial charge is 0.377 e. The van der Waals surface area contributed by atoms with E-state index in [0.717, 1.165) is 16.4 Å². The molecule has 0 aliphatic heterocycles. The van der Waals surface area contributed by atoms with Gasteiger partial charge in [0.15, 0.2) is 5.82 Å². The molecule has 0 amide bonds. The van der Waals surface area contributed by atoms with E-state index in [-0.39, 0.29) is 0 Å². The second-order valence-electron chi connectivity index (χ2n) is 4.09. The van der Waals surface area contributed by atoms with E-state index < -0.39 is 0 Å². The van der Waals surface area contributed by atoms with Crippen molar-refractivity contribution in [3.63, 3.8) is 0 Å². The average Bonchev–Trinajstić information content (AvgIpc) is 3.17. The molecule has 0 saturated heterocycles. The van der Waals surface area contributed by atoms with Gasteiger partial charge in [0.25, 0.3) is 0 Å². The molecule has 0 unspecified atom stereocenters. The highest BCUT2D eigenvalue weighted by Crippen LogP contribution is 2.19. The van der Waals surface area contributed by atoms with E-state index in [0.29, 0.717) is 12.1 Å². The first-order valence-electron chi connectivity index (χ1n) is 6.03.